The summed E-state index contributed by atoms with van der Waals surface area (Å²) in [6.07, 6.45) is 6.92. The molecule has 0 aliphatic carbocycles. The minimum atomic E-state index is -0.279. The number of fused-ring (bicyclic) bond motifs is 2. The Hall–Kier alpha value is -2.77. The molecule has 0 fully saturated rings. The zero-order chi connectivity index (χ0) is 18.6. The zero-order valence-electron chi connectivity index (χ0n) is 14.9. The molecular weight excluding hydrogens is 364 g/mol. The quantitative estimate of drug-likeness (QED) is 0.571. The van der Waals surface area contributed by atoms with Crippen molar-refractivity contribution in [1.82, 2.24) is 29.9 Å². The topological polar surface area (TPSA) is 81.5 Å². The van der Waals surface area contributed by atoms with E-state index in [2.05, 4.69) is 34.0 Å². The lowest BCUT2D eigenvalue weighted by atomic mass is 9.97. The van der Waals surface area contributed by atoms with Crippen molar-refractivity contribution >= 4 is 22.6 Å². The zero-order valence-corrected chi connectivity index (χ0v) is 15.7. The van der Waals surface area contributed by atoms with Gasteiger partial charge >= 0.3 is 0 Å². The van der Waals surface area contributed by atoms with E-state index in [9.17, 15) is 0 Å². The Kier molecular flexibility index (Phi) is 3.57. The Morgan fingerprint density at radius 3 is 2.89 bits per heavy atom. The molecule has 5 rings (SSSR count). The van der Waals surface area contributed by atoms with Crippen LogP contribution in [0, 0.1) is 0 Å². The van der Waals surface area contributed by atoms with Gasteiger partial charge in [0.15, 0.2) is 5.65 Å². The molecule has 0 bridgehead atoms. The number of pyridine rings is 2. The Balaban J connectivity index is 1.83. The maximum absolute atomic E-state index is 6.46. The molecule has 0 amide bonds. The minimum Gasteiger partial charge on any atom is -0.367 e. The third kappa shape index (κ3) is 2.62. The molecule has 1 N–H and O–H groups in total. The van der Waals surface area contributed by atoms with E-state index < -0.39 is 0 Å². The number of hydrogen-bond donors (Lipinski definition) is 1. The lowest BCUT2D eigenvalue weighted by Gasteiger charge is -2.31. The third-order valence-corrected chi connectivity index (χ3v) is 5.14. The van der Waals surface area contributed by atoms with Crippen molar-refractivity contribution in [1.29, 1.82) is 0 Å². The van der Waals surface area contributed by atoms with Gasteiger partial charge in [-0.3, -0.25) is 14.8 Å². The molecule has 27 heavy (non-hydrogen) atoms. The van der Waals surface area contributed by atoms with Crippen LogP contribution in [-0.4, -0.2) is 35.5 Å². The third-order valence-electron chi connectivity index (χ3n) is 4.84. The number of nitrogens with zero attached hydrogens (tertiary/aromatic N) is 5. The van der Waals surface area contributed by atoms with Gasteiger partial charge in [0.2, 0.25) is 0 Å². The standard InChI is InChI=1S/C19H17ClN6O/c1-19(2)10-26-15(9-27-19)16(11-4-6-22-18-13(11)7-23-24-18)17(25-26)12-3-5-21-8-14(12)20/h3-8H,9-10H2,1-2H3,(H,22,23,24). The SMILES string of the molecule is CC1(C)Cn2nc(-c3ccncc3Cl)c(-c3ccnc4[nH]ncc34)c2CO1. The number of rotatable bonds is 2. The fourth-order valence-electron chi connectivity index (χ4n) is 3.55. The van der Waals surface area contributed by atoms with Crippen LogP contribution in [0.15, 0.2) is 36.9 Å². The highest BCUT2D eigenvalue weighted by atomic mass is 35.5. The predicted octanol–water partition coefficient (Wildman–Crippen LogP) is 3.85. The van der Waals surface area contributed by atoms with E-state index in [-0.39, 0.29) is 5.60 Å². The number of ether oxygens (including phenoxy) is 1. The van der Waals surface area contributed by atoms with Gasteiger partial charge in [0.1, 0.15) is 5.69 Å². The van der Waals surface area contributed by atoms with Gasteiger partial charge in [-0.15, -0.1) is 0 Å². The summed E-state index contributed by atoms with van der Waals surface area (Å²) in [7, 11) is 0. The van der Waals surface area contributed by atoms with E-state index in [0.29, 0.717) is 18.2 Å². The molecular formula is C19H17ClN6O. The van der Waals surface area contributed by atoms with Crippen molar-refractivity contribution in [2.45, 2.75) is 32.6 Å². The Morgan fingerprint density at radius 2 is 2.04 bits per heavy atom. The van der Waals surface area contributed by atoms with Crippen LogP contribution in [0.3, 0.4) is 0 Å². The summed E-state index contributed by atoms with van der Waals surface area (Å²) >= 11 is 6.46. The van der Waals surface area contributed by atoms with Crippen molar-refractivity contribution in [2.24, 2.45) is 0 Å². The second-order valence-corrected chi connectivity index (χ2v) is 7.63. The van der Waals surface area contributed by atoms with E-state index >= 15 is 0 Å². The fraction of sp³-hybridized carbons (Fsp3) is 0.263. The van der Waals surface area contributed by atoms with Crippen molar-refractivity contribution < 1.29 is 4.74 Å². The first-order chi connectivity index (χ1) is 13.0. The summed E-state index contributed by atoms with van der Waals surface area (Å²) in [5, 5.41) is 13.5. The molecule has 0 atom stereocenters. The molecule has 7 nitrogen and oxygen atoms in total. The monoisotopic (exact) mass is 380 g/mol. The first kappa shape index (κ1) is 16.4. The average Bonchev–Trinajstić information content (AvgIpc) is 3.25. The molecule has 0 aromatic carbocycles. The van der Waals surface area contributed by atoms with E-state index in [4.69, 9.17) is 21.4 Å². The molecule has 4 aromatic rings. The highest BCUT2D eigenvalue weighted by Gasteiger charge is 2.32. The molecule has 0 radical (unpaired) electrons. The summed E-state index contributed by atoms with van der Waals surface area (Å²) in [6.45, 7) is 5.27. The number of hydrogen-bond acceptors (Lipinski definition) is 5. The summed E-state index contributed by atoms with van der Waals surface area (Å²) in [4.78, 5) is 8.46. The van der Waals surface area contributed by atoms with Gasteiger partial charge in [0.25, 0.3) is 0 Å². The van der Waals surface area contributed by atoms with Crippen LogP contribution in [0.2, 0.25) is 5.02 Å². The molecule has 0 unspecified atom stereocenters. The molecule has 1 aliphatic rings. The van der Waals surface area contributed by atoms with Gasteiger partial charge in [0, 0.05) is 35.1 Å². The second kappa shape index (κ2) is 5.87. The van der Waals surface area contributed by atoms with Crippen LogP contribution in [0.1, 0.15) is 19.5 Å². The lowest BCUT2D eigenvalue weighted by Crippen LogP contribution is -2.36. The van der Waals surface area contributed by atoms with Crippen LogP contribution in [0.25, 0.3) is 33.4 Å². The lowest BCUT2D eigenvalue weighted by molar-refractivity contribution is -0.0657. The Bertz CT molecular complexity index is 1160. The maximum Gasteiger partial charge on any atom is 0.155 e. The van der Waals surface area contributed by atoms with E-state index in [1.54, 1.807) is 24.8 Å². The molecule has 5 heterocycles. The van der Waals surface area contributed by atoms with E-state index in [1.807, 2.05) is 16.8 Å². The van der Waals surface area contributed by atoms with Crippen molar-refractivity contribution in [3.05, 3.63) is 47.6 Å². The highest BCUT2D eigenvalue weighted by molar-refractivity contribution is 6.33. The Morgan fingerprint density at radius 1 is 1.19 bits per heavy atom. The number of halogens is 1. The summed E-state index contributed by atoms with van der Waals surface area (Å²) in [5.41, 5.74) is 5.12. The molecule has 8 heteroatoms. The molecule has 0 saturated carbocycles. The van der Waals surface area contributed by atoms with Gasteiger partial charge in [-0.1, -0.05) is 11.6 Å². The van der Waals surface area contributed by atoms with Gasteiger partial charge in [-0.2, -0.15) is 10.2 Å². The molecule has 0 spiro atoms. The maximum atomic E-state index is 6.46. The molecule has 136 valence electrons. The van der Waals surface area contributed by atoms with Gasteiger partial charge in [-0.05, 0) is 31.5 Å². The number of nitrogens with one attached hydrogen (secondary N) is 1. The molecule has 1 aliphatic heterocycles. The summed E-state index contributed by atoms with van der Waals surface area (Å²) < 4.78 is 8.11. The number of H-pyrrole nitrogens is 1. The van der Waals surface area contributed by atoms with Crippen LogP contribution in [-0.2, 0) is 17.9 Å². The summed E-state index contributed by atoms with van der Waals surface area (Å²) in [5.74, 6) is 0. The summed E-state index contributed by atoms with van der Waals surface area (Å²) in [6, 6.07) is 3.87. The first-order valence-corrected chi connectivity index (χ1v) is 9.03. The van der Waals surface area contributed by atoms with Gasteiger partial charge in [0.05, 0.1) is 35.7 Å². The van der Waals surface area contributed by atoms with Gasteiger partial charge in [-0.25, -0.2) is 4.98 Å². The van der Waals surface area contributed by atoms with Crippen LogP contribution in [0.4, 0.5) is 0 Å². The first-order valence-electron chi connectivity index (χ1n) is 8.65. The number of aromatic amines is 1. The largest absolute Gasteiger partial charge is 0.367 e. The van der Waals surface area contributed by atoms with Crippen LogP contribution < -0.4 is 0 Å². The number of aromatic nitrogens is 6. The minimum absolute atomic E-state index is 0.279. The van der Waals surface area contributed by atoms with Crippen LogP contribution >= 0.6 is 11.6 Å². The normalized spacial score (nSPS) is 15.8. The van der Waals surface area contributed by atoms with Crippen molar-refractivity contribution in [3.8, 4) is 22.4 Å². The molecule has 4 aromatic heterocycles. The smallest absolute Gasteiger partial charge is 0.155 e. The van der Waals surface area contributed by atoms with E-state index in [1.165, 1.54) is 0 Å². The van der Waals surface area contributed by atoms with Gasteiger partial charge < -0.3 is 4.74 Å². The van der Waals surface area contributed by atoms with E-state index in [0.717, 1.165) is 39.1 Å². The molecule has 0 saturated heterocycles. The highest BCUT2D eigenvalue weighted by Crippen LogP contribution is 2.41. The Labute approximate surface area is 160 Å². The average molecular weight is 381 g/mol. The predicted molar refractivity (Wildman–Crippen MR) is 102 cm³/mol. The fourth-order valence-corrected chi connectivity index (χ4v) is 3.76. The van der Waals surface area contributed by atoms with Crippen molar-refractivity contribution in [2.75, 3.05) is 0 Å². The van der Waals surface area contributed by atoms with Crippen molar-refractivity contribution in [3.63, 3.8) is 0 Å². The second-order valence-electron chi connectivity index (χ2n) is 7.22. The van der Waals surface area contributed by atoms with Crippen LogP contribution in [0.5, 0.6) is 0 Å².